The summed E-state index contributed by atoms with van der Waals surface area (Å²) in [6.45, 7) is 2.20. The Balaban J connectivity index is 1.40. The summed E-state index contributed by atoms with van der Waals surface area (Å²) in [7, 11) is 1.66. The van der Waals surface area contributed by atoms with Crippen LogP contribution in [0.2, 0.25) is 5.02 Å². The summed E-state index contributed by atoms with van der Waals surface area (Å²) in [6, 6.07) is 17.6. The number of rotatable bonds is 7. The third-order valence-electron chi connectivity index (χ3n) is 5.39. The van der Waals surface area contributed by atoms with E-state index in [2.05, 4.69) is 34.5 Å². The second-order valence-electron chi connectivity index (χ2n) is 7.69. The lowest BCUT2D eigenvalue weighted by Gasteiger charge is -2.32. The molecule has 1 aliphatic heterocycles. The zero-order chi connectivity index (χ0) is 20.6. The molecule has 1 aliphatic rings. The van der Waals surface area contributed by atoms with Crippen molar-refractivity contribution < 1.29 is 9.59 Å². The number of likely N-dealkylation sites (N-methyl/N-ethyl adjacent to an activating group) is 1. The summed E-state index contributed by atoms with van der Waals surface area (Å²) in [4.78, 5) is 28.4. The predicted molar refractivity (Wildman–Crippen MR) is 117 cm³/mol. The molecular formula is C23H28ClN3O2. The number of benzene rings is 2. The fraction of sp³-hybridized carbons (Fsp3) is 0.391. The Hall–Kier alpha value is -2.37. The number of halogens is 1. The number of hydrogen-bond donors (Lipinski definition) is 1. The first-order valence-corrected chi connectivity index (χ1v) is 10.4. The molecular weight excluding hydrogens is 386 g/mol. The van der Waals surface area contributed by atoms with E-state index in [1.54, 1.807) is 31.3 Å². The zero-order valence-electron chi connectivity index (χ0n) is 16.8. The minimum Gasteiger partial charge on any atom is -0.335 e. The maximum Gasteiger partial charge on any atom is 0.244 e. The Morgan fingerprint density at radius 2 is 1.72 bits per heavy atom. The second-order valence-corrected chi connectivity index (χ2v) is 8.09. The third-order valence-corrected chi connectivity index (χ3v) is 5.72. The van der Waals surface area contributed by atoms with Crippen LogP contribution in [-0.2, 0) is 16.0 Å². The van der Waals surface area contributed by atoms with Gasteiger partial charge in [0.1, 0.15) is 0 Å². The number of hydrogen-bond acceptors (Lipinski definition) is 3. The Morgan fingerprint density at radius 1 is 1.07 bits per heavy atom. The van der Waals surface area contributed by atoms with Crippen molar-refractivity contribution in [2.75, 3.05) is 38.5 Å². The Kier molecular flexibility index (Phi) is 7.67. The summed E-state index contributed by atoms with van der Waals surface area (Å²) in [5, 5.41) is 3.23. The quantitative estimate of drug-likeness (QED) is 0.753. The molecule has 3 rings (SSSR count). The van der Waals surface area contributed by atoms with Crippen LogP contribution in [0.1, 0.15) is 18.4 Å². The van der Waals surface area contributed by atoms with Gasteiger partial charge in [-0.05, 0) is 56.0 Å². The van der Waals surface area contributed by atoms with Gasteiger partial charge in [-0.3, -0.25) is 14.5 Å². The standard InChI is InChI=1S/C23H28ClN3O2/c1-26(16-22(28)25-21-10-6-5-9-20(21)24)23(29)17-27-13-11-19(12-14-27)15-18-7-3-2-4-8-18/h2-10,19H,11-17H2,1H3,(H,25,28). The number of carbonyl (C=O) groups is 2. The minimum absolute atomic E-state index is 0.00846. The molecule has 1 N–H and O–H groups in total. The van der Waals surface area contributed by atoms with Crippen molar-refractivity contribution in [3.8, 4) is 0 Å². The maximum atomic E-state index is 12.5. The topological polar surface area (TPSA) is 52.7 Å². The third kappa shape index (κ3) is 6.58. The molecule has 0 spiro atoms. The van der Waals surface area contributed by atoms with E-state index in [1.807, 2.05) is 6.07 Å². The summed E-state index contributed by atoms with van der Waals surface area (Å²) in [6.07, 6.45) is 3.29. The molecule has 1 heterocycles. The van der Waals surface area contributed by atoms with Crippen LogP contribution < -0.4 is 5.32 Å². The van der Waals surface area contributed by atoms with E-state index in [0.717, 1.165) is 32.4 Å². The Bertz CT molecular complexity index is 820. The molecule has 2 aromatic carbocycles. The molecule has 2 amide bonds. The van der Waals surface area contributed by atoms with Gasteiger partial charge in [0.25, 0.3) is 0 Å². The predicted octanol–water partition coefficient (Wildman–Crippen LogP) is 3.69. The smallest absolute Gasteiger partial charge is 0.244 e. The van der Waals surface area contributed by atoms with E-state index >= 15 is 0 Å². The molecule has 0 aliphatic carbocycles. The fourth-order valence-corrected chi connectivity index (χ4v) is 3.85. The van der Waals surface area contributed by atoms with Crippen molar-refractivity contribution >= 4 is 29.1 Å². The first-order valence-electron chi connectivity index (χ1n) is 10.1. The van der Waals surface area contributed by atoms with Crippen LogP contribution >= 0.6 is 11.6 Å². The van der Waals surface area contributed by atoms with Crippen LogP contribution in [0.25, 0.3) is 0 Å². The van der Waals surface area contributed by atoms with Crippen molar-refractivity contribution in [3.05, 3.63) is 65.2 Å². The van der Waals surface area contributed by atoms with E-state index in [-0.39, 0.29) is 18.4 Å². The van der Waals surface area contributed by atoms with E-state index in [0.29, 0.717) is 23.2 Å². The van der Waals surface area contributed by atoms with Crippen LogP contribution in [0.15, 0.2) is 54.6 Å². The molecule has 0 bridgehead atoms. The van der Waals surface area contributed by atoms with Gasteiger partial charge in [-0.1, -0.05) is 54.1 Å². The van der Waals surface area contributed by atoms with Gasteiger partial charge in [0.2, 0.25) is 11.8 Å². The van der Waals surface area contributed by atoms with Crippen LogP contribution in [0, 0.1) is 5.92 Å². The van der Waals surface area contributed by atoms with Crippen molar-refractivity contribution in [3.63, 3.8) is 0 Å². The zero-order valence-corrected chi connectivity index (χ0v) is 17.6. The number of piperidine rings is 1. The summed E-state index contributed by atoms with van der Waals surface area (Å²) in [5.74, 6) is 0.374. The van der Waals surface area contributed by atoms with Crippen molar-refractivity contribution in [2.24, 2.45) is 5.92 Å². The van der Waals surface area contributed by atoms with Crippen LogP contribution in [-0.4, -0.2) is 54.8 Å². The van der Waals surface area contributed by atoms with Gasteiger partial charge < -0.3 is 10.2 Å². The van der Waals surface area contributed by atoms with Gasteiger partial charge in [0.15, 0.2) is 0 Å². The highest BCUT2D eigenvalue weighted by atomic mass is 35.5. The first-order chi connectivity index (χ1) is 14.0. The number of likely N-dealkylation sites (tertiary alicyclic amines) is 1. The van der Waals surface area contributed by atoms with E-state index in [1.165, 1.54) is 10.5 Å². The van der Waals surface area contributed by atoms with Crippen molar-refractivity contribution in [1.29, 1.82) is 0 Å². The molecule has 1 fully saturated rings. The molecule has 2 aromatic rings. The number of nitrogens with zero attached hydrogens (tertiary/aromatic N) is 2. The summed E-state index contributed by atoms with van der Waals surface area (Å²) in [5.41, 5.74) is 1.94. The summed E-state index contributed by atoms with van der Waals surface area (Å²) < 4.78 is 0. The highest BCUT2D eigenvalue weighted by Gasteiger charge is 2.23. The normalized spacial score (nSPS) is 15.1. The molecule has 29 heavy (non-hydrogen) atoms. The monoisotopic (exact) mass is 413 g/mol. The first kappa shape index (κ1) is 21.3. The lowest BCUT2D eigenvalue weighted by Crippen LogP contribution is -2.44. The molecule has 0 unspecified atom stereocenters. The lowest BCUT2D eigenvalue weighted by atomic mass is 9.90. The van der Waals surface area contributed by atoms with E-state index in [4.69, 9.17) is 11.6 Å². The lowest BCUT2D eigenvalue weighted by molar-refractivity contribution is -0.134. The minimum atomic E-state index is -0.254. The van der Waals surface area contributed by atoms with Gasteiger partial charge in [0.05, 0.1) is 23.8 Å². The maximum absolute atomic E-state index is 12.5. The Morgan fingerprint density at radius 3 is 2.41 bits per heavy atom. The number of para-hydroxylation sites is 1. The largest absolute Gasteiger partial charge is 0.335 e. The highest BCUT2D eigenvalue weighted by molar-refractivity contribution is 6.33. The van der Waals surface area contributed by atoms with Gasteiger partial charge >= 0.3 is 0 Å². The van der Waals surface area contributed by atoms with E-state index < -0.39 is 0 Å². The Labute approximate surface area is 177 Å². The molecule has 6 heteroatoms. The van der Waals surface area contributed by atoms with Crippen LogP contribution in [0.5, 0.6) is 0 Å². The van der Waals surface area contributed by atoms with Crippen molar-refractivity contribution in [1.82, 2.24) is 9.80 Å². The fourth-order valence-electron chi connectivity index (χ4n) is 3.66. The molecule has 1 saturated heterocycles. The molecule has 0 atom stereocenters. The number of nitrogens with one attached hydrogen (secondary N) is 1. The molecule has 0 saturated carbocycles. The molecule has 154 valence electrons. The van der Waals surface area contributed by atoms with E-state index in [9.17, 15) is 9.59 Å². The van der Waals surface area contributed by atoms with Crippen LogP contribution in [0.3, 0.4) is 0 Å². The average molecular weight is 414 g/mol. The van der Waals surface area contributed by atoms with Crippen LogP contribution in [0.4, 0.5) is 5.69 Å². The number of amides is 2. The van der Waals surface area contributed by atoms with Gasteiger partial charge in [-0.2, -0.15) is 0 Å². The summed E-state index contributed by atoms with van der Waals surface area (Å²) >= 11 is 6.06. The molecule has 5 nitrogen and oxygen atoms in total. The molecule has 0 aromatic heterocycles. The van der Waals surface area contributed by atoms with Gasteiger partial charge in [-0.15, -0.1) is 0 Å². The second kappa shape index (κ2) is 10.4. The number of carbonyl (C=O) groups excluding carboxylic acids is 2. The highest BCUT2D eigenvalue weighted by Crippen LogP contribution is 2.22. The van der Waals surface area contributed by atoms with Gasteiger partial charge in [0, 0.05) is 7.05 Å². The number of anilines is 1. The average Bonchev–Trinajstić information content (AvgIpc) is 2.72. The molecule has 0 radical (unpaired) electrons. The van der Waals surface area contributed by atoms with Crippen molar-refractivity contribution in [2.45, 2.75) is 19.3 Å². The SMILES string of the molecule is CN(CC(=O)Nc1ccccc1Cl)C(=O)CN1CCC(Cc2ccccc2)CC1. The van der Waals surface area contributed by atoms with Gasteiger partial charge in [-0.25, -0.2) is 0 Å².